The van der Waals surface area contributed by atoms with Gasteiger partial charge in [-0.1, -0.05) is 6.92 Å². The van der Waals surface area contributed by atoms with E-state index in [4.69, 9.17) is 27.9 Å². The van der Waals surface area contributed by atoms with E-state index in [1.807, 2.05) is 6.92 Å². The van der Waals surface area contributed by atoms with Crippen molar-refractivity contribution in [2.75, 3.05) is 6.61 Å². The number of hydrogen-bond acceptors (Lipinski definition) is 2. The first-order chi connectivity index (χ1) is 5.18. The van der Waals surface area contributed by atoms with Crippen molar-refractivity contribution in [1.29, 1.82) is 0 Å². The Labute approximate surface area is 75.8 Å². The summed E-state index contributed by atoms with van der Waals surface area (Å²) in [6.45, 7) is 2.55. The van der Waals surface area contributed by atoms with E-state index in [1.54, 1.807) is 0 Å². The van der Waals surface area contributed by atoms with Crippen LogP contribution < -0.4 is 0 Å². The Morgan fingerprint density at radius 1 is 1.55 bits per heavy atom. The number of Topliss-reactive ketones (excluding diaryl/α,β-unsaturated/α-hetero) is 1. The lowest BCUT2D eigenvalue weighted by atomic mass is 9.92. The van der Waals surface area contributed by atoms with Crippen LogP contribution in [0.25, 0.3) is 0 Å². The van der Waals surface area contributed by atoms with Crippen molar-refractivity contribution >= 4 is 29.0 Å². The fraction of sp³-hybridized carbons (Fsp3) is 0.857. The van der Waals surface area contributed by atoms with Crippen LogP contribution in [-0.2, 0) is 9.53 Å². The Morgan fingerprint density at radius 2 is 2.18 bits per heavy atom. The summed E-state index contributed by atoms with van der Waals surface area (Å²) < 4.78 is 5.16. The van der Waals surface area contributed by atoms with E-state index in [-0.39, 0.29) is 11.2 Å². The third-order valence-electron chi connectivity index (χ3n) is 1.62. The maximum atomic E-state index is 10.9. The number of carbonyl (C=O) groups excluding carboxylic acids is 1. The van der Waals surface area contributed by atoms with E-state index in [2.05, 4.69) is 0 Å². The van der Waals surface area contributed by atoms with Crippen LogP contribution in [0.3, 0.4) is 0 Å². The van der Waals surface area contributed by atoms with Crippen molar-refractivity contribution in [2.24, 2.45) is 0 Å². The molecular weight excluding hydrogens is 187 g/mol. The van der Waals surface area contributed by atoms with Crippen LogP contribution in [0.1, 0.15) is 13.3 Å². The summed E-state index contributed by atoms with van der Waals surface area (Å²) in [5.41, 5.74) is 0. The van der Waals surface area contributed by atoms with Crippen molar-refractivity contribution in [1.82, 2.24) is 0 Å². The minimum absolute atomic E-state index is 0.0832. The van der Waals surface area contributed by atoms with E-state index in [0.29, 0.717) is 6.61 Å². The van der Waals surface area contributed by atoms with E-state index in [1.165, 1.54) is 0 Å². The molecule has 1 saturated carbocycles. The van der Waals surface area contributed by atoms with Crippen LogP contribution in [-0.4, -0.2) is 29.2 Å². The minimum Gasteiger partial charge on any atom is -0.369 e. The summed E-state index contributed by atoms with van der Waals surface area (Å²) in [4.78, 5) is 10.9. The topological polar surface area (TPSA) is 26.3 Å². The fourth-order valence-corrected chi connectivity index (χ4v) is 1.50. The molecule has 2 nitrogen and oxygen atoms in total. The molecule has 1 rings (SSSR count). The number of hydrogen-bond donors (Lipinski definition) is 0. The zero-order valence-corrected chi connectivity index (χ0v) is 7.73. The van der Waals surface area contributed by atoms with Crippen LogP contribution >= 0.6 is 23.2 Å². The summed E-state index contributed by atoms with van der Waals surface area (Å²) in [5.74, 6) is -0.0832. The van der Waals surface area contributed by atoms with Gasteiger partial charge in [-0.2, -0.15) is 0 Å². The molecule has 1 aliphatic carbocycles. The molecule has 0 saturated heterocycles. The third kappa shape index (κ3) is 1.68. The summed E-state index contributed by atoms with van der Waals surface area (Å²) in [6, 6.07) is 0. The predicted molar refractivity (Wildman–Crippen MR) is 44.3 cm³/mol. The predicted octanol–water partition coefficient (Wildman–Crippen LogP) is 1.58. The first-order valence-electron chi connectivity index (χ1n) is 3.62. The Morgan fingerprint density at radius 3 is 2.64 bits per heavy atom. The quantitative estimate of drug-likeness (QED) is 0.642. The molecule has 0 heterocycles. The number of halogens is 2. The Balaban J connectivity index is 2.31. The standard InChI is InChI=1S/C7H10Cl2O2/c1-2-3-11-7-5(9)4(8)6(7)10/h4-5,7H,2-3H2,1H3. The van der Waals surface area contributed by atoms with Crippen LogP contribution in [0.4, 0.5) is 0 Å². The Bertz CT molecular complexity index is 161. The van der Waals surface area contributed by atoms with Gasteiger partial charge in [-0.15, -0.1) is 23.2 Å². The SMILES string of the molecule is CCCOC1C(=O)C(Cl)C1Cl. The van der Waals surface area contributed by atoms with Crippen LogP contribution in [0.2, 0.25) is 0 Å². The third-order valence-corrected chi connectivity index (χ3v) is 2.72. The van der Waals surface area contributed by atoms with Gasteiger partial charge in [-0.3, -0.25) is 4.79 Å². The largest absolute Gasteiger partial charge is 0.369 e. The fourth-order valence-electron chi connectivity index (χ4n) is 0.925. The molecule has 0 aliphatic heterocycles. The van der Waals surface area contributed by atoms with Gasteiger partial charge in [0.15, 0.2) is 5.78 Å². The molecule has 1 aliphatic rings. The zero-order chi connectivity index (χ0) is 8.43. The molecule has 4 heteroatoms. The number of carbonyl (C=O) groups is 1. The lowest BCUT2D eigenvalue weighted by molar-refractivity contribution is -0.138. The molecular formula is C7H10Cl2O2. The number of ketones is 1. The molecule has 0 aromatic carbocycles. The molecule has 0 amide bonds. The molecule has 0 aromatic heterocycles. The van der Waals surface area contributed by atoms with Crippen molar-refractivity contribution < 1.29 is 9.53 Å². The van der Waals surface area contributed by atoms with E-state index in [9.17, 15) is 4.79 Å². The zero-order valence-electron chi connectivity index (χ0n) is 6.22. The van der Waals surface area contributed by atoms with Crippen molar-refractivity contribution in [3.05, 3.63) is 0 Å². The molecule has 3 unspecified atom stereocenters. The average molecular weight is 197 g/mol. The molecule has 3 atom stereocenters. The molecule has 64 valence electrons. The summed E-state index contributed by atoms with van der Waals surface area (Å²) in [7, 11) is 0. The monoisotopic (exact) mass is 196 g/mol. The lowest BCUT2D eigenvalue weighted by Gasteiger charge is -2.34. The van der Waals surface area contributed by atoms with Crippen molar-refractivity contribution in [3.63, 3.8) is 0 Å². The molecule has 11 heavy (non-hydrogen) atoms. The first-order valence-corrected chi connectivity index (χ1v) is 4.49. The first kappa shape index (κ1) is 9.30. The summed E-state index contributed by atoms with van der Waals surface area (Å²) in [6.07, 6.45) is 0.430. The van der Waals surface area contributed by atoms with E-state index < -0.39 is 11.5 Å². The summed E-state index contributed by atoms with van der Waals surface area (Å²) in [5, 5.41) is -0.880. The van der Waals surface area contributed by atoms with Gasteiger partial charge >= 0.3 is 0 Å². The highest BCUT2D eigenvalue weighted by atomic mass is 35.5. The number of ether oxygens (including phenoxy) is 1. The molecule has 0 spiro atoms. The van der Waals surface area contributed by atoms with Gasteiger partial charge in [-0.25, -0.2) is 0 Å². The minimum atomic E-state index is -0.543. The summed E-state index contributed by atoms with van der Waals surface area (Å²) >= 11 is 11.3. The average Bonchev–Trinajstić information content (AvgIpc) is 2.04. The van der Waals surface area contributed by atoms with Gasteiger partial charge in [0.05, 0.1) is 5.38 Å². The van der Waals surface area contributed by atoms with Crippen LogP contribution in [0.5, 0.6) is 0 Å². The highest BCUT2D eigenvalue weighted by Crippen LogP contribution is 2.30. The van der Waals surface area contributed by atoms with Gasteiger partial charge < -0.3 is 4.74 Å². The van der Waals surface area contributed by atoms with Gasteiger partial charge in [0.1, 0.15) is 11.5 Å². The van der Waals surface area contributed by atoms with E-state index >= 15 is 0 Å². The van der Waals surface area contributed by atoms with Gasteiger partial charge in [0, 0.05) is 6.61 Å². The Hall–Kier alpha value is 0.210. The van der Waals surface area contributed by atoms with Crippen LogP contribution in [0, 0.1) is 0 Å². The second-order valence-corrected chi connectivity index (χ2v) is 3.51. The molecule has 0 bridgehead atoms. The molecule has 0 N–H and O–H groups in total. The van der Waals surface area contributed by atoms with E-state index in [0.717, 1.165) is 6.42 Å². The lowest BCUT2D eigenvalue weighted by Crippen LogP contribution is -2.56. The highest BCUT2D eigenvalue weighted by molar-refractivity contribution is 6.43. The van der Waals surface area contributed by atoms with Gasteiger partial charge in [-0.05, 0) is 6.42 Å². The van der Waals surface area contributed by atoms with Crippen molar-refractivity contribution in [2.45, 2.75) is 30.2 Å². The maximum Gasteiger partial charge on any atom is 0.182 e. The number of rotatable bonds is 3. The second-order valence-electron chi connectivity index (χ2n) is 2.54. The molecule has 1 fully saturated rings. The van der Waals surface area contributed by atoms with Gasteiger partial charge in [0.25, 0.3) is 0 Å². The smallest absolute Gasteiger partial charge is 0.182 e. The molecule has 0 aromatic rings. The maximum absolute atomic E-state index is 10.9. The highest BCUT2D eigenvalue weighted by Gasteiger charge is 2.48. The normalized spacial score (nSPS) is 37.0. The van der Waals surface area contributed by atoms with Crippen LogP contribution in [0.15, 0.2) is 0 Å². The Kier molecular flexibility index (Phi) is 3.16. The van der Waals surface area contributed by atoms with Crippen molar-refractivity contribution in [3.8, 4) is 0 Å². The van der Waals surface area contributed by atoms with Gasteiger partial charge in [0.2, 0.25) is 0 Å². The molecule has 0 radical (unpaired) electrons. The number of alkyl halides is 2. The second kappa shape index (κ2) is 3.74.